The third-order valence-electron chi connectivity index (χ3n) is 4.84. The monoisotopic (exact) mass is 317 g/mol. The average molecular weight is 317 g/mol. The van der Waals surface area contributed by atoms with Gasteiger partial charge in [-0.1, -0.05) is 26.7 Å². The van der Waals surface area contributed by atoms with Crippen LogP contribution in [0.15, 0.2) is 0 Å². The maximum absolute atomic E-state index is 12.7. The van der Waals surface area contributed by atoms with E-state index in [9.17, 15) is 8.42 Å². The molecule has 1 aliphatic carbocycles. The number of piperidine rings is 1. The van der Waals surface area contributed by atoms with E-state index in [-0.39, 0.29) is 17.5 Å². The summed E-state index contributed by atoms with van der Waals surface area (Å²) in [5.74, 6) is 0. The number of hydrogen-bond acceptors (Lipinski definition) is 3. The van der Waals surface area contributed by atoms with Crippen LogP contribution in [0.5, 0.6) is 0 Å². The Kier molecular flexibility index (Phi) is 5.68. The number of rotatable bonds is 5. The molecule has 5 nitrogen and oxygen atoms in total. The van der Waals surface area contributed by atoms with Gasteiger partial charge < -0.3 is 5.32 Å². The van der Waals surface area contributed by atoms with E-state index in [4.69, 9.17) is 0 Å². The molecule has 0 spiro atoms. The van der Waals surface area contributed by atoms with Gasteiger partial charge in [0.15, 0.2) is 0 Å². The van der Waals surface area contributed by atoms with Gasteiger partial charge in [0.2, 0.25) is 0 Å². The molecule has 0 aromatic heterocycles. The highest BCUT2D eigenvalue weighted by atomic mass is 32.2. The largest absolute Gasteiger partial charge is 0.318 e. The minimum Gasteiger partial charge on any atom is -0.318 e. The first-order valence-corrected chi connectivity index (χ1v) is 9.72. The summed E-state index contributed by atoms with van der Waals surface area (Å²) in [6.07, 6.45) is 7.26. The van der Waals surface area contributed by atoms with Crippen LogP contribution in [0.2, 0.25) is 0 Å². The molecule has 0 radical (unpaired) electrons. The van der Waals surface area contributed by atoms with Crippen molar-refractivity contribution in [3.05, 3.63) is 0 Å². The van der Waals surface area contributed by atoms with Gasteiger partial charge in [0, 0.05) is 25.2 Å². The van der Waals surface area contributed by atoms with Crippen LogP contribution in [-0.2, 0) is 10.2 Å². The summed E-state index contributed by atoms with van der Waals surface area (Å²) in [6, 6.07) is 0.189. The van der Waals surface area contributed by atoms with Crippen LogP contribution in [0.25, 0.3) is 0 Å². The van der Waals surface area contributed by atoms with E-state index in [1.807, 2.05) is 7.05 Å². The van der Waals surface area contributed by atoms with E-state index in [2.05, 4.69) is 23.9 Å². The van der Waals surface area contributed by atoms with Crippen LogP contribution in [-0.4, -0.2) is 44.9 Å². The minimum absolute atomic E-state index is 0.0934. The van der Waals surface area contributed by atoms with E-state index in [1.165, 1.54) is 6.42 Å². The van der Waals surface area contributed by atoms with Crippen molar-refractivity contribution in [3.63, 3.8) is 0 Å². The quantitative estimate of drug-likeness (QED) is 0.814. The summed E-state index contributed by atoms with van der Waals surface area (Å²) in [5, 5.41) is 3.12. The SMILES string of the molecule is CNCC1CCCCN1S(=O)(=O)NC1CCCC(C)(C)C1. The summed E-state index contributed by atoms with van der Waals surface area (Å²) in [6.45, 7) is 5.85. The Morgan fingerprint density at radius 1 is 1.19 bits per heavy atom. The maximum Gasteiger partial charge on any atom is 0.279 e. The van der Waals surface area contributed by atoms with Crippen molar-refractivity contribution in [2.45, 2.75) is 70.9 Å². The van der Waals surface area contributed by atoms with Crippen LogP contribution >= 0.6 is 0 Å². The molecule has 0 amide bonds. The van der Waals surface area contributed by atoms with Crippen LogP contribution in [0.4, 0.5) is 0 Å². The van der Waals surface area contributed by atoms with Crippen molar-refractivity contribution >= 4 is 10.2 Å². The molecule has 0 aromatic rings. The Labute approximate surface area is 130 Å². The molecule has 1 aliphatic heterocycles. The lowest BCUT2D eigenvalue weighted by molar-refractivity contribution is 0.204. The normalized spacial score (nSPS) is 31.2. The van der Waals surface area contributed by atoms with Crippen LogP contribution in [0, 0.1) is 5.41 Å². The number of nitrogens with zero attached hydrogens (tertiary/aromatic N) is 1. The highest BCUT2D eigenvalue weighted by Crippen LogP contribution is 2.35. The smallest absolute Gasteiger partial charge is 0.279 e. The van der Waals surface area contributed by atoms with Crippen molar-refractivity contribution in [3.8, 4) is 0 Å². The van der Waals surface area contributed by atoms with E-state index in [0.717, 1.165) is 45.1 Å². The lowest BCUT2D eigenvalue weighted by atomic mass is 9.75. The van der Waals surface area contributed by atoms with Gasteiger partial charge in [-0.2, -0.15) is 17.4 Å². The van der Waals surface area contributed by atoms with Crippen molar-refractivity contribution in [2.24, 2.45) is 5.41 Å². The van der Waals surface area contributed by atoms with Crippen molar-refractivity contribution in [1.82, 2.24) is 14.3 Å². The third kappa shape index (κ3) is 4.65. The van der Waals surface area contributed by atoms with Crippen LogP contribution < -0.4 is 10.0 Å². The Bertz CT molecular complexity index is 434. The molecular formula is C15H31N3O2S. The molecule has 2 rings (SSSR count). The average Bonchev–Trinajstić information content (AvgIpc) is 2.38. The fourth-order valence-electron chi connectivity index (χ4n) is 3.81. The maximum atomic E-state index is 12.7. The third-order valence-corrected chi connectivity index (χ3v) is 6.57. The zero-order valence-corrected chi connectivity index (χ0v) is 14.5. The zero-order valence-electron chi connectivity index (χ0n) is 13.7. The summed E-state index contributed by atoms with van der Waals surface area (Å²) in [4.78, 5) is 0. The van der Waals surface area contributed by atoms with E-state index < -0.39 is 10.2 Å². The molecular weight excluding hydrogens is 286 g/mol. The molecule has 1 heterocycles. The van der Waals surface area contributed by atoms with E-state index >= 15 is 0 Å². The summed E-state index contributed by atoms with van der Waals surface area (Å²) in [5.41, 5.74) is 0.248. The molecule has 2 unspecified atom stereocenters. The van der Waals surface area contributed by atoms with Gasteiger partial charge in [0.25, 0.3) is 10.2 Å². The van der Waals surface area contributed by atoms with Gasteiger partial charge >= 0.3 is 0 Å². The summed E-state index contributed by atoms with van der Waals surface area (Å²) < 4.78 is 30.1. The topological polar surface area (TPSA) is 61.4 Å². The van der Waals surface area contributed by atoms with Gasteiger partial charge in [0.1, 0.15) is 0 Å². The van der Waals surface area contributed by atoms with Crippen molar-refractivity contribution in [2.75, 3.05) is 20.1 Å². The molecule has 0 bridgehead atoms. The van der Waals surface area contributed by atoms with Gasteiger partial charge in [-0.05, 0) is 44.6 Å². The molecule has 2 atom stereocenters. The first-order chi connectivity index (χ1) is 9.84. The minimum atomic E-state index is -3.36. The van der Waals surface area contributed by atoms with Gasteiger partial charge in [-0.25, -0.2) is 0 Å². The van der Waals surface area contributed by atoms with Gasteiger partial charge in [-0.15, -0.1) is 0 Å². The lowest BCUT2D eigenvalue weighted by Crippen LogP contribution is -2.54. The highest BCUT2D eigenvalue weighted by Gasteiger charge is 2.36. The van der Waals surface area contributed by atoms with Crippen molar-refractivity contribution in [1.29, 1.82) is 0 Å². The second-order valence-corrected chi connectivity index (χ2v) is 9.05. The fourth-order valence-corrected chi connectivity index (χ4v) is 5.51. The van der Waals surface area contributed by atoms with Crippen LogP contribution in [0.3, 0.4) is 0 Å². The molecule has 1 saturated heterocycles. The predicted octanol–water partition coefficient (Wildman–Crippen LogP) is 1.86. The Morgan fingerprint density at radius 2 is 1.95 bits per heavy atom. The molecule has 6 heteroatoms. The number of nitrogens with one attached hydrogen (secondary N) is 2. The second kappa shape index (κ2) is 6.94. The summed E-state index contributed by atoms with van der Waals surface area (Å²) >= 11 is 0. The first kappa shape index (κ1) is 17.2. The molecule has 2 aliphatic rings. The van der Waals surface area contributed by atoms with Gasteiger partial charge in [-0.3, -0.25) is 0 Å². The van der Waals surface area contributed by atoms with Crippen LogP contribution in [0.1, 0.15) is 58.8 Å². The van der Waals surface area contributed by atoms with E-state index in [0.29, 0.717) is 6.54 Å². The predicted molar refractivity (Wildman–Crippen MR) is 86.4 cm³/mol. The molecule has 0 aromatic carbocycles. The Balaban J connectivity index is 2.02. The lowest BCUT2D eigenvalue weighted by Gasteiger charge is -2.39. The first-order valence-electron chi connectivity index (χ1n) is 8.28. The molecule has 2 fully saturated rings. The van der Waals surface area contributed by atoms with E-state index in [1.54, 1.807) is 4.31 Å². The van der Waals surface area contributed by atoms with Crippen molar-refractivity contribution < 1.29 is 8.42 Å². The fraction of sp³-hybridized carbons (Fsp3) is 1.00. The zero-order chi connectivity index (χ0) is 15.5. The van der Waals surface area contributed by atoms with Gasteiger partial charge in [0.05, 0.1) is 0 Å². The molecule has 2 N–H and O–H groups in total. The summed E-state index contributed by atoms with van der Waals surface area (Å²) in [7, 11) is -1.48. The Morgan fingerprint density at radius 3 is 2.62 bits per heavy atom. The molecule has 21 heavy (non-hydrogen) atoms. The molecule has 1 saturated carbocycles. The standard InChI is InChI=1S/C15H31N3O2S/c1-15(2)9-6-7-13(11-15)17-21(19,20)18-10-5-4-8-14(18)12-16-3/h13-14,16-17H,4-12H2,1-3H3. The number of likely N-dealkylation sites (N-methyl/N-ethyl adjacent to an activating group) is 1. The second-order valence-electron chi connectivity index (χ2n) is 7.40. The number of hydrogen-bond donors (Lipinski definition) is 2. The molecule has 124 valence electrons. The Hall–Kier alpha value is -0.170. The highest BCUT2D eigenvalue weighted by molar-refractivity contribution is 7.87.